The van der Waals surface area contributed by atoms with E-state index >= 15 is 0 Å². The lowest BCUT2D eigenvalue weighted by Gasteiger charge is -2.07. The van der Waals surface area contributed by atoms with Gasteiger partial charge in [-0.25, -0.2) is 14.6 Å². The maximum Gasteiger partial charge on any atom is 0.338 e. The molecule has 0 fully saturated rings. The molecule has 8 nitrogen and oxygen atoms in total. The number of nitrogens with zero attached hydrogens (tertiary/aromatic N) is 2. The maximum atomic E-state index is 12.4. The minimum absolute atomic E-state index is 0.00682. The van der Waals surface area contributed by atoms with E-state index in [0.29, 0.717) is 22.0 Å². The molecule has 0 saturated heterocycles. The van der Waals surface area contributed by atoms with E-state index in [-0.39, 0.29) is 24.6 Å². The number of hydrogen-bond acceptors (Lipinski definition) is 6. The molecule has 0 aliphatic rings. The molecule has 0 bridgehead atoms. The molecular formula is C24H22N4O4S. The Kier molecular flexibility index (Phi) is 6.50. The number of ether oxygens (including phenoxy) is 1. The van der Waals surface area contributed by atoms with Crippen LogP contribution >= 0.6 is 11.3 Å². The molecule has 4 aromatic rings. The number of aromatic amines is 1. The SMILES string of the molecule is Cc1ccccc1NC(=O)Cc1nc(COC(=O)c2ccc(-n3c(C)c[nH]c3=O)cc2)cs1. The monoisotopic (exact) mass is 462 g/mol. The van der Waals surface area contributed by atoms with Gasteiger partial charge in [0.25, 0.3) is 0 Å². The number of esters is 1. The molecule has 0 spiro atoms. The molecule has 0 unspecified atom stereocenters. The lowest BCUT2D eigenvalue weighted by atomic mass is 10.2. The molecule has 1 amide bonds. The zero-order chi connectivity index (χ0) is 23.4. The van der Waals surface area contributed by atoms with Gasteiger partial charge < -0.3 is 15.0 Å². The summed E-state index contributed by atoms with van der Waals surface area (Å²) in [5.74, 6) is -0.648. The number of H-pyrrole nitrogens is 1. The number of nitrogens with one attached hydrogen (secondary N) is 2. The minimum Gasteiger partial charge on any atom is -0.456 e. The van der Waals surface area contributed by atoms with Gasteiger partial charge in [-0.3, -0.25) is 9.36 Å². The summed E-state index contributed by atoms with van der Waals surface area (Å²) in [6.07, 6.45) is 1.77. The first-order valence-corrected chi connectivity index (χ1v) is 11.1. The molecule has 33 heavy (non-hydrogen) atoms. The Morgan fingerprint density at radius 2 is 1.88 bits per heavy atom. The van der Waals surface area contributed by atoms with E-state index in [2.05, 4.69) is 15.3 Å². The summed E-state index contributed by atoms with van der Waals surface area (Å²) >= 11 is 1.34. The van der Waals surface area contributed by atoms with Crippen LogP contribution in [-0.4, -0.2) is 26.4 Å². The molecule has 9 heteroatoms. The number of hydrogen-bond donors (Lipinski definition) is 2. The van der Waals surface area contributed by atoms with Gasteiger partial charge >= 0.3 is 11.7 Å². The molecule has 2 heterocycles. The number of aromatic nitrogens is 3. The normalized spacial score (nSPS) is 10.7. The predicted molar refractivity (Wildman–Crippen MR) is 126 cm³/mol. The molecule has 2 N–H and O–H groups in total. The Bertz CT molecular complexity index is 1350. The second kappa shape index (κ2) is 9.66. The van der Waals surface area contributed by atoms with Crippen molar-refractivity contribution in [1.29, 1.82) is 0 Å². The van der Waals surface area contributed by atoms with E-state index in [4.69, 9.17) is 4.74 Å². The van der Waals surface area contributed by atoms with E-state index < -0.39 is 5.97 Å². The highest BCUT2D eigenvalue weighted by Gasteiger charge is 2.13. The fourth-order valence-electron chi connectivity index (χ4n) is 3.29. The van der Waals surface area contributed by atoms with E-state index in [1.807, 2.05) is 38.1 Å². The van der Waals surface area contributed by atoms with Crippen LogP contribution in [0.4, 0.5) is 5.69 Å². The number of aryl methyl sites for hydroxylation is 2. The lowest BCUT2D eigenvalue weighted by Crippen LogP contribution is -2.16. The van der Waals surface area contributed by atoms with Crippen LogP contribution in [0.25, 0.3) is 5.69 Å². The number of amides is 1. The van der Waals surface area contributed by atoms with Crippen LogP contribution in [0.1, 0.15) is 32.3 Å². The molecule has 0 saturated carbocycles. The Morgan fingerprint density at radius 1 is 1.12 bits per heavy atom. The largest absolute Gasteiger partial charge is 0.456 e. The fraction of sp³-hybridized carbons (Fsp3) is 0.167. The van der Waals surface area contributed by atoms with Crippen molar-refractivity contribution in [2.24, 2.45) is 0 Å². The van der Waals surface area contributed by atoms with Crippen LogP contribution in [0.2, 0.25) is 0 Å². The van der Waals surface area contributed by atoms with Gasteiger partial charge in [0.05, 0.1) is 23.4 Å². The molecular weight excluding hydrogens is 440 g/mol. The molecule has 0 atom stereocenters. The molecule has 168 valence electrons. The van der Waals surface area contributed by atoms with Crippen molar-refractivity contribution in [3.8, 4) is 5.69 Å². The van der Waals surface area contributed by atoms with Crippen molar-refractivity contribution < 1.29 is 14.3 Å². The zero-order valence-electron chi connectivity index (χ0n) is 18.1. The average Bonchev–Trinajstić information content (AvgIpc) is 3.39. The van der Waals surface area contributed by atoms with E-state index in [9.17, 15) is 14.4 Å². The van der Waals surface area contributed by atoms with E-state index in [1.165, 1.54) is 15.9 Å². The Hall–Kier alpha value is -3.98. The average molecular weight is 463 g/mol. The second-order valence-electron chi connectivity index (χ2n) is 7.47. The van der Waals surface area contributed by atoms with Gasteiger partial charge in [-0.15, -0.1) is 11.3 Å². The smallest absolute Gasteiger partial charge is 0.338 e. The van der Waals surface area contributed by atoms with Gasteiger partial charge in [0.1, 0.15) is 11.6 Å². The second-order valence-corrected chi connectivity index (χ2v) is 8.41. The van der Waals surface area contributed by atoms with Crippen molar-refractivity contribution in [1.82, 2.24) is 14.5 Å². The Balaban J connectivity index is 1.31. The minimum atomic E-state index is -0.494. The zero-order valence-corrected chi connectivity index (χ0v) is 18.9. The number of para-hydroxylation sites is 1. The van der Waals surface area contributed by atoms with Crippen molar-refractivity contribution in [2.75, 3.05) is 5.32 Å². The van der Waals surface area contributed by atoms with Crippen molar-refractivity contribution >= 4 is 28.9 Å². The topological polar surface area (TPSA) is 106 Å². The number of imidazole rings is 1. The van der Waals surface area contributed by atoms with Gasteiger partial charge in [-0.2, -0.15) is 0 Å². The first-order chi connectivity index (χ1) is 15.9. The fourth-order valence-corrected chi connectivity index (χ4v) is 4.06. The highest BCUT2D eigenvalue weighted by atomic mass is 32.1. The van der Waals surface area contributed by atoms with Crippen LogP contribution in [0.5, 0.6) is 0 Å². The summed E-state index contributed by atoms with van der Waals surface area (Å²) in [6, 6.07) is 14.2. The van der Waals surface area contributed by atoms with Crippen molar-refractivity contribution in [3.63, 3.8) is 0 Å². The summed E-state index contributed by atoms with van der Waals surface area (Å²) in [7, 11) is 0. The Labute approximate surface area is 193 Å². The van der Waals surface area contributed by atoms with Gasteiger partial charge in [-0.1, -0.05) is 18.2 Å². The Morgan fingerprint density at radius 3 is 2.58 bits per heavy atom. The number of anilines is 1. The van der Waals surface area contributed by atoms with Crippen LogP contribution in [0.15, 0.2) is 64.9 Å². The van der Waals surface area contributed by atoms with Crippen LogP contribution in [0.3, 0.4) is 0 Å². The maximum absolute atomic E-state index is 12.4. The highest BCUT2D eigenvalue weighted by Crippen LogP contribution is 2.17. The standard InChI is InChI=1S/C24H22N4O4S/c1-15-5-3-4-6-20(15)27-21(29)11-22-26-18(14-33-22)13-32-23(30)17-7-9-19(10-8-17)28-16(2)12-25-24(28)31/h3-10,12,14H,11,13H2,1-2H3,(H,25,31)(H,27,29). The first-order valence-electron chi connectivity index (χ1n) is 10.2. The van der Waals surface area contributed by atoms with Crippen LogP contribution < -0.4 is 11.0 Å². The molecule has 0 aliphatic heterocycles. The summed E-state index contributed by atoms with van der Waals surface area (Å²) in [6.45, 7) is 3.75. The van der Waals surface area contributed by atoms with E-state index in [1.54, 1.807) is 35.8 Å². The number of benzene rings is 2. The van der Waals surface area contributed by atoms with Gasteiger partial charge in [-0.05, 0) is 49.7 Å². The molecule has 4 rings (SSSR count). The van der Waals surface area contributed by atoms with Gasteiger partial charge in [0.2, 0.25) is 5.91 Å². The van der Waals surface area contributed by atoms with Gasteiger partial charge in [0, 0.05) is 23.0 Å². The number of carbonyl (C=O) groups is 2. The van der Waals surface area contributed by atoms with Crippen LogP contribution in [0, 0.1) is 13.8 Å². The molecule has 0 aliphatic carbocycles. The van der Waals surface area contributed by atoms with E-state index in [0.717, 1.165) is 16.9 Å². The summed E-state index contributed by atoms with van der Waals surface area (Å²) < 4.78 is 6.87. The summed E-state index contributed by atoms with van der Waals surface area (Å²) in [4.78, 5) is 43.6. The third-order valence-electron chi connectivity index (χ3n) is 5.00. The third kappa shape index (κ3) is 5.27. The lowest BCUT2D eigenvalue weighted by molar-refractivity contribution is -0.115. The molecule has 2 aromatic heterocycles. The number of carbonyl (C=O) groups excluding carboxylic acids is 2. The third-order valence-corrected chi connectivity index (χ3v) is 5.90. The van der Waals surface area contributed by atoms with Gasteiger partial charge in [0.15, 0.2) is 0 Å². The first kappa shape index (κ1) is 22.2. The van der Waals surface area contributed by atoms with Crippen molar-refractivity contribution in [3.05, 3.63) is 98.1 Å². The highest BCUT2D eigenvalue weighted by molar-refractivity contribution is 7.09. The number of rotatable bonds is 7. The summed E-state index contributed by atoms with van der Waals surface area (Å²) in [5, 5.41) is 5.29. The summed E-state index contributed by atoms with van der Waals surface area (Å²) in [5.41, 5.74) is 3.89. The molecule has 2 aromatic carbocycles. The predicted octanol–water partition coefficient (Wildman–Crippen LogP) is 3.78. The quantitative estimate of drug-likeness (QED) is 0.407. The number of thiazole rings is 1. The molecule has 0 radical (unpaired) electrons. The van der Waals surface area contributed by atoms with Crippen molar-refractivity contribution in [2.45, 2.75) is 26.9 Å². The van der Waals surface area contributed by atoms with Crippen LogP contribution in [-0.2, 0) is 22.6 Å².